The van der Waals surface area contributed by atoms with Gasteiger partial charge >= 0.3 is 0 Å². The summed E-state index contributed by atoms with van der Waals surface area (Å²) in [7, 11) is 0. The molecule has 1 atom stereocenters. The van der Waals surface area contributed by atoms with Gasteiger partial charge < -0.3 is 15.5 Å². The van der Waals surface area contributed by atoms with E-state index in [0.717, 1.165) is 51.4 Å². The van der Waals surface area contributed by atoms with Crippen molar-refractivity contribution in [2.75, 3.05) is 50.7 Å². The van der Waals surface area contributed by atoms with Gasteiger partial charge in [0.1, 0.15) is 5.82 Å². The van der Waals surface area contributed by atoms with Gasteiger partial charge in [0.15, 0.2) is 0 Å². The number of aromatic nitrogens is 1. The van der Waals surface area contributed by atoms with Crippen LogP contribution in [0.2, 0.25) is 0 Å². The van der Waals surface area contributed by atoms with E-state index in [1.54, 1.807) is 0 Å². The number of rotatable bonds is 4. The van der Waals surface area contributed by atoms with E-state index in [-0.39, 0.29) is 36.8 Å². The summed E-state index contributed by atoms with van der Waals surface area (Å²) >= 11 is 0. The normalized spacial score (nSPS) is 21.1. The molecule has 0 aliphatic carbocycles. The minimum Gasteiger partial charge on any atom is -0.354 e. The van der Waals surface area contributed by atoms with Crippen LogP contribution in [0.5, 0.6) is 0 Å². The number of amides is 1. The molecule has 0 radical (unpaired) electrons. The first-order valence-electron chi connectivity index (χ1n) is 8.16. The van der Waals surface area contributed by atoms with Crippen LogP contribution in [0.25, 0.3) is 0 Å². The van der Waals surface area contributed by atoms with Crippen LogP contribution in [-0.2, 0) is 4.79 Å². The van der Waals surface area contributed by atoms with Crippen molar-refractivity contribution in [3.05, 3.63) is 24.4 Å². The Labute approximate surface area is 156 Å². The number of likely N-dealkylation sites (tertiary alicyclic amines) is 1. The summed E-state index contributed by atoms with van der Waals surface area (Å²) in [5.74, 6) is 1.26. The van der Waals surface area contributed by atoms with Gasteiger partial charge in [0, 0.05) is 51.5 Å². The lowest BCUT2D eigenvalue weighted by Gasteiger charge is -2.36. The van der Waals surface area contributed by atoms with E-state index in [9.17, 15) is 4.79 Å². The van der Waals surface area contributed by atoms with Gasteiger partial charge in [-0.3, -0.25) is 9.69 Å². The Balaban J connectivity index is 0.00000144. The predicted molar refractivity (Wildman–Crippen MR) is 101 cm³/mol. The molecule has 8 heteroatoms. The fraction of sp³-hybridized carbons (Fsp3) is 0.625. The zero-order valence-electron chi connectivity index (χ0n) is 13.8. The van der Waals surface area contributed by atoms with E-state index in [1.807, 2.05) is 29.3 Å². The second-order valence-corrected chi connectivity index (χ2v) is 6.07. The van der Waals surface area contributed by atoms with Crippen molar-refractivity contribution in [3.63, 3.8) is 0 Å². The fourth-order valence-corrected chi connectivity index (χ4v) is 3.37. The first-order chi connectivity index (χ1) is 10.8. The highest BCUT2D eigenvalue weighted by Crippen LogP contribution is 2.17. The molecule has 0 aromatic carbocycles. The maximum Gasteiger partial charge on any atom is 0.237 e. The van der Waals surface area contributed by atoms with Crippen molar-refractivity contribution in [2.45, 2.75) is 18.9 Å². The molecule has 2 N–H and O–H groups in total. The summed E-state index contributed by atoms with van der Waals surface area (Å²) in [6, 6.07) is 6.24. The Morgan fingerprint density at radius 3 is 2.54 bits per heavy atom. The molecule has 2 aliphatic rings. The quantitative estimate of drug-likeness (QED) is 0.849. The number of anilines is 1. The minimum atomic E-state index is 0. The molecular formula is C16H27Cl2N5O. The molecule has 2 fully saturated rings. The standard InChI is InChI=1S/C16H25N5O.2ClH/c17-12-14-4-3-7-21(14)16(22)13-19-8-10-20(11-9-19)15-5-1-2-6-18-15;;/h1-2,5-6,14H,3-4,7-13,17H2;2*1H. The van der Waals surface area contributed by atoms with Crippen LogP contribution in [-0.4, -0.2) is 72.5 Å². The van der Waals surface area contributed by atoms with Crippen molar-refractivity contribution >= 4 is 36.5 Å². The highest BCUT2D eigenvalue weighted by Gasteiger charge is 2.29. The molecule has 1 unspecified atom stereocenters. The van der Waals surface area contributed by atoms with Gasteiger partial charge in [-0.15, -0.1) is 24.8 Å². The van der Waals surface area contributed by atoms with Gasteiger partial charge in [0.25, 0.3) is 0 Å². The average molecular weight is 376 g/mol. The van der Waals surface area contributed by atoms with Crippen LogP contribution >= 0.6 is 24.8 Å². The Kier molecular flexibility index (Phi) is 8.76. The van der Waals surface area contributed by atoms with Crippen molar-refractivity contribution in [1.29, 1.82) is 0 Å². The third-order valence-electron chi connectivity index (χ3n) is 4.67. The number of nitrogens with two attached hydrogens (primary N) is 1. The molecule has 3 heterocycles. The van der Waals surface area contributed by atoms with Crippen LogP contribution in [0.3, 0.4) is 0 Å². The van der Waals surface area contributed by atoms with Crippen LogP contribution in [0.15, 0.2) is 24.4 Å². The molecule has 0 spiro atoms. The number of nitrogens with zero attached hydrogens (tertiary/aromatic N) is 4. The average Bonchev–Trinajstić information content (AvgIpc) is 3.05. The van der Waals surface area contributed by atoms with E-state index in [0.29, 0.717) is 13.1 Å². The minimum absolute atomic E-state index is 0. The number of carbonyl (C=O) groups is 1. The summed E-state index contributed by atoms with van der Waals surface area (Å²) in [6.45, 7) is 5.63. The molecule has 1 amide bonds. The van der Waals surface area contributed by atoms with E-state index in [4.69, 9.17) is 5.73 Å². The van der Waals surface area contributed by atoms with Gasteiger partial charge in [-0.05, 0) is 25.0 Å². The number of hydrogen-bond donors (Lipinski definition) is 1. The van der Waals surface area contributed by atoms with Crippen LogP contribution < -0.4 is 10.6 Å². The maximum absolute atomic E-state index is 12.4. The summed E-state index contributed by atoms with van der Waals surface area (Å²) in [6.07, 6.45) is 3.96. The van der Waals surface area contributed by atoms with Crippen molar-refractivity contribution < 1.29 is 4.79 Å². The first-order valence-corrected chi connectivity index (χ1v) is 8.16. The SMILES string of the molecule is Cl.Cl.NCC1CCCN1C(=O)CN1CCN(c2ccccn2)CC1. The van der Waals surface area contributed by atoms with Gasteiger partial charge in [0.2, 0.25) is 5.91 Å². The highest BCUT2D eigenvalue weighted by molar-refractivity contribution is 5.85. The van der Waals surface area contributed by atoms with Gasteiger partial charge in [-0.2, -0.15) is 0 Å². The Morgan fingerprint density at radius 2 is 1.92 bits per heavy atom. The largest absolute Gasteiger partial charge is 0.354 e. The van der Waals surface area contributed by atoms with Crippen LogP contribution in [0.1, 0.15) is 12.8 Å². The first kappa shape index (κ1) is 21.0. The molecule has 0 saturated carbocycles. The highest BCUT2D eigenvalue weighted by atomic mass is 35.5. The monoisotopic (exact) mass is 375 g/mol. The number of hydrogen-bond acceptors (Lipinski definition) is 5. The zero-order chi connectivity index (χ0) is 15.4. The second-order valence-electron chi connectivity index (χ2n) is 6.07. The van der Waals surface area contributed by atoms with Gasteiger partial charge in [-0.25, -0.2) is 4.98 Å². The van der Waals surface area contributed by atoms with Crippen molar-refractivity contribution in [2.24, 2.45) is 5.73 Å². The number of carbonyl (C=O) groups excluding carboxylic acids is 1. The third-order valence-corrected chi connectivity index (χ3v) is 4.67. The zero-order valence-corrected chi connectivity index (χ0v) is 15.5. The molecule has 0 bridgehead atoms. The molecule has 6 nitrogen and oxygen atoms in total. The lowest BCUT2D eigenvalue weighted by atomic mass is 10.2. The van der Waals surface area contributed by atoms with Crippen molar-refractivity contribution in [3.8, 4) is 0 Å². The van der Waals surface area contributed by atoms with Gasteiger partial charge in [-0.1, -0.05) is 6.07 Å². The lowest BCUT2D eigenvalue weighted by Crippen LogP contribution is -2.51. The predicted octanol–water partition coefficient (Wildman–Crippen LogP) is 0.997. The number of halogens is 2. The molecule has 136 valence electrons. The molecule has 3 rings (SSSR count). The Bertz CT molecular complexity index is 497. The number of pyridine rings is 1. The molecule has 24 heavy (non-hydrogen) atoms. The fourth-order valence-electron chi connectivity index (χ4n) is 3.37. The Morgan fingerprint density at radius 1 is 1.17 bits per heavy atom. The van der Waals surface area contributed by atoms with E-state index in [1.165, 1.54) is 0 Å². The lowest BCUT2D eigenvalue weighted by molar-refractivity contribution is -0.133. The van der Waals surface area contributed by atoms with E-state index >= 15 is 0 Å². The second kappa shape index (κ2) is 10.0. The third kappa shape index (κ3) is 4.96. The van der Waals surface area contributed by atoms with Crippen LogP contribution in [0, 0.1) is 0 Å². The number of piperazine rings is 1. The topological polar surface area (TPSA) is 65.7 Å². The maximum atomic E-state index is 12.4. The summed E-state index contributed by atoms with van der Waals surface area (Å²) in [5.41, 5.74) is 5.76. The molecule has 2 aliphatic heterocycles. The smallest absolute Gasteiger partial charge is 0.237 e. The van der Waals surface area contributed by atoms with Crippen LogP contribution in [0.4, 0.5) is 5.82 Å². The summed E-state index contributed by atoms with van der Waals surface area (Å²) in [4.78, 5) is 23.3. The van der Waals surface area contributed by atoms with Gasteiger partial charge in [0.05, 0.1) is 6.54 Å². The molecular weight excluding hydrogens is 349 g/mol. The summed E-state index contributed by atoms with van der Waals surface area (Å²) < 4.78 is 0. The molecule has 1 aromatic heterocycles. The molecule has 2 saturated heterocycles. The van der Waals surface area contributed by atoms with E-state index < -0.39 is 0 Å². The van der Waals surface area contributed by atoms with E-state index in [2.05, 4.69) is 14.8 Å². The summed E-state index contributed by atoms with van der Waals surface area (Å²) in [5, 5.41) is 0. The molecule has 1 aromatic rings. The van der Waals surface area contributed by atoms with Crippen molar-refractivity contribution in [1.82, 2.24) is 14.8 Å². The Hall–Kier alpha value is -1.08.